The van der Waals surface area contributed by atoms with Gasteiger partial charge in [-0.25, -0.2) is 0 Å². The molecule has 2 aromatic heterocycles. The highest BCUT2D eigenvalue weighted by Crippen LogP contribution is 2.44. The van der Waals surface area contributed by atoms with Crippen molar-refractivity contribution in [3.8, 4) is 5.69 Å². The number of aryl methyl sites for hydroxylation is 5. The van der Waals surface area contributed by atoms with Gasteiger partial charge in [-0.1, -0.05) is 37.3 Å². The Kier molecular flexibility index (Phi) is 6.44. The highest BCUT2D eigenvalue weighted by Gasteiger charge is 2.42. The molecule has 0 unspecified atom stereocenters. The molecule has 2 atom stereocenters. The fourth-order valence-corrected chi connectivity index (χ4v) is 6.14. The summed E-state index contributed by atoms with van der Waals surface area (Å²) in [4.78, 5) is 7.03. The highest BCUT2D eigenvalue weighted by atomic mass is 32.1. The molecule has 0 spiro atoms. The van der Waals surface area contributed by atoms with Crippen molar-refractivity contribution in [2.45, 2.75) is 60.0 Å². The maximum absolute atomic E-state index is 5.98. The van der Waals surface area contributed by atoms with Gasteiger partial charge in [0.1, 0.15) is 0 Å². The average molecular weight is 495 g/mol. The summed E-state index contributed by atoms with van der Waals surface area (Å²) in [7, 11) is 0. The van der Waals surface area contributed by atoms with Crippen LogP contribution in [0.2, 0.25) is 0 Å². The minimum absolute atomic E-state index is 0.0253. The molecule has 5 rings (SSSR count). The molecule has 3 heterocycles. The van der Waals surface area contributed by atoms with Crippen LogP contribution in [-0.2, 0) is 6.42 Å². The molecular weight excluding hydrogens is 460 g/mol. The summed E-state index contributed by atoms with van der Waals surface area (Å²) in [6.07, 6.45) is 2.85. The monoisotopic (exact) mass is 494 g/mol. The number of rotatable bonds is 5. The van der Waals surface area contributed by atoms with Crippen LogP contribution in [0.25, 0.3) is 5.69 Å². The first-order valence-corrected chi connectivity index (χ1v) is 13.1. The molecule has 1 aliphatic rings. The van der Waals surface area contributed by atoms with Gasteiger partial charge in [-0.3, -0.25) is 4.98 Å². The first-order valence-electron chi connectivity index (χ1n) is 12.7. The number of pyridine rings is 1. The minimum atomic E-state index is -0.0593. The average Bonchev–Trinajstić information content (AvgIpc) is 3.34. The molecule has 184 valence electrons. The maximum atomic E-state index is 5.98. The van der Waals surface area contributed by atoms with Crippen LogP contribution in [0.15, 0.2) is 66.9 Å². The predicted octanol–water partition coefficient (Wildman–Crippen LogP) is 7.15. The number of aromatic nitrogens is 2. The molecular formula is C31H34N4S. The smallest absolute Gasteiger partial charge is 0.174 e. The SMILES string of the molecule is CCc1cccc(C)c1-n1c(C)cc([C@H]2[C@@H](c3ccccn3)NC(=S)N2c2cc(C)cc(C)c2)c1C. The van der Waals surface area contributed by atoms with Crippen molar-refractivity contribution in [3.05, 3.63) is 112 Å². The van der Waals surface area contributed by atoms with Crippen LogP contribution in [0, 0.1) is 34.6 Å². The van der Waals surface area contributed by atoms with Crippen molar-refractivity contribution in [1.82, 2.24) is 14.9 Å². The normalized spacial score (nSPS) is 17.5. The second-order valence-electron chi connectivity index (χ2n) is 9.94. The molecule has 1 N–H and O–H groups in total. The third-order valence-corrected chi connectivity index (χ3v) is 7.61. The number of para-hydroxylation sites is 1. The molecule has 0 bridgehead atoms. The van der Waals surface area contributed by atoms with Crippen LogP contribution < -0.4 is 10.2 Å². The van der Waals surface area contributed by atoms with Crippen molar-refractivity contribution in [2.24, 2.45) is 0 Å². The fourth-order valence-electron chi connectivity index (χ4n) is 5.79. The lowest BCUT2D eigenvalue weighted by molar-refractivity contribution is 0.565. The van der Waals surface area contributed by atoms with Gasteiger partial charge in [0.25, 0.3) is 0 Å². The summed E-state index contributed by atoms with van der Waals surface area (Å²) in [5.74, 6) is 0. The Morgan fingerprint density at radius 2 is 1.67 bits per heavy atom. The van der Waals surface area contributed by atoms with Gasteiger partial charge in [0.05, 0.1) is 23.5 Å². The topological polar surface area (TPSA) is 33.1 Å². The van der Waals surface area contributed by atoms with Crippen LogP contribution >= 0.6 is 12.2 Å². The number of nitrogens with zero attached hydrogens (tertiary/aromatic N) is 3. The van der Waals surface area contributed by atoms with Crippen LogP contribution in [0.5, 0.6) is 0 Å². The number of anilines is 1. The zero-order valence-electron chi connectivity index (χ0n) is 22.0. The van der Waals surface area contributed by atoms with E-state index in [4.69, 9.17) is 17.2 Å². The standard InChI is InChI=1S/C31H34N4S/c1-7-24-12-10-11-21(4)29(24)34-22(5)18-26(23(34)6)30-28(27-13-8-9-14-32-27)33-31(36)35(30)25-16-19(2)15-20(3)17-25/h8-18,28,30H,7H2,1-6H3,(H,33,36)/t28-,30+/m1/s1. The Labute approximate surface area is 220 Å². The molecule has 0 aliphatic carbocycles. The van der Waals surface area contributed by atoms with E-state index < -0.39 is 0 Å². The van der Waals surface area contributed by atoms with E-state index in [0.717, 1.165) is 22.9 Å². The van der Waals surface area contributed by atoms with Crippen molar-refractivity contribution in [2.75, 3.05) is 4.90 Å². The summed E-state index contributed by atoms with van der Waals surface area (Å²) in [5.41, 5.74) is 12.2. The van der Waals surface area contributed by atoms with Gasteiger partial charge in [-0.15, -0.1) is 0 Å². The number of benzene rings is 2. The molecule has 1 aliphatic heterocycles. The Balaban J connectivity index is 1.73. The Bertz CT molecular complexity index is 1420. The van der Waals surface area contributed by atoms with Gasteiger partial charge >= 0.3 is 0 Å². The zero-order valence-corrected chi connectivity index (χ0v) is 22.8. The number of nitrogens with one attached hydrogen (secondary N) is 1. The second-order valence-corrected chi connectivity index (χ2v) is 10.3. The molecule has 0 amide bonds. The van der Waals surface area contributed by atoms with E-state index in [0.29, 0.717) is 0 Å². The molecule has 4 aromatic rings. The van der Waals surface area contributed by atoms with Gasteiger partial charge in [0.15, 0.2) is 5.11 Å². The first-order chi connectivity index (χ1) is 17.3. The number of thiocarbonyl (C=S) groups is 1. The van der Waals surface area contributed by atoms with Crippen molar-refractivity contribution in [3.63, 3.8) is 0 Å². The van der Waals surface area contributed by atoms with E-state index in [1.165, 1.54) is 44.9 Å². The van der Waals surface area contributed by atoms with Crippen LogP contribution in [0.4, 0.5) is 5.69 Å². The molecule has 1 saturated heterocycles. The van der Waals surface area contributed by atoms with E-state index in [1.54, 1.807) is 0 Å². The van der Waals surface area contributed by atoms with E-state index in [1.807, 2.05) is 18.3 Å². The lowest BCUT2D eigenvalue weighted by Gasteiger charge is -2.29. The molecule has 5 heteroatoms. The second kappa shape index (κ2) is 9.55. The molecule has 4 nitrogen and oxygen atoms in total. The largest absolute Gasteiger partial charge is 0.351 e. The van der Waals surface area contributed by atoms with Gasteiger partial charge in [0.2, 0.25) is 0 Å². The third-order valence-electron chi connectivity index (χ3n) is 7.30. The summed E-state index contributed by atoms with van der Waals surface area (Å²) < 4.78 is 2.43. The zero-order chi connectivity index (χ0) is 25.6. The Morgan fingerprint density at radius 3 is 2.33 bits per heavy atom. The van der Waals surface area contributed by atoms with Crippen LogP contribution in [0.3, 0.4) is 0 Å². The summed E-state index contributed by atoms with van der Waals surface area (Å²) in [6.45, 7) is 13.2. The Hall–Kier alpha value is -3.44. The molecule has 0 radical (unpaired) electrons. The number of hydrogen-bond donors (Lipinski definition) is 1. The van der Waals surface area contributed by atoms with Gasteiger partial charge in [0, 0.05) is 23.3 Å². The summed E-state index contributed by atoms with van der Waals surface area (Å²) in [6, 6.07) is 21.6. The first kappa shape index (κ1) is 24.3. The lowest BCUT2D eigenvalue weighted by Crippen LogP contribution is -2.29. The van der Waals surface area contributed by atoms with Crippen LogP contribution in [0.1, 0.15) is 63.9 Å². The summed E-state index contributed by atoms with van der Waals surface area (Å²) in [5, 5.41) is 4.35. The quantitative estimate of drug-likeness (QED) is 0.299. The molecule has 2 aromatic carbocycles. The predicted molar refractivity (Wildman–Crippen MR) is 153 cm³/mol. The van der Waals surface area contributed by atoms with E-state index in [9.17, 15) is 0 Å². The minimum Gasteiger partial charge on any atom is -0.351 e. The van der Waals surface area contributed by atoms with Crippen molar-refractivity contribution < 1.29 is 0 Å². The van der Waals surface area contributed by atoms with E-state index in [2.05, 4.69) is 105 Å². The van der Waals surface area contributed by atoms with Gasteiger partial charge in [-0.05, 0) is 111 Å². The molecule has 36 heavy (non-hydrogen) atoms. The summed E-state index contributed by atoms with van der Waals surface area (Å²) >= 11 is 5.98. The van der Waals surface area contributed by atoms with Crippen molar-refractivity contribution >= 4 is 23.0 Å². The highest BCUT2D eigenvalue weighted by molar-refractivity contribution is 7.80. The van der Waals surface area contributed by atoms with E-state index >= 15 is 0 Å². The molecule has 0 saturated carbocycles. The van der Waals surface area contributed by atoms with E-state index in [-0.39, 0.29) is 12.1 Å². The molecule has 1 fully saturated rings. The third kappa shape index (κ3) is 4.11. The van der Waals surface area contributed by atoms with Crippen molar-refractivity contribution in [1.29, 1.82) is 0 Å². The van der Waals surface area contributed by atoms with Crippen LogP contribution in [-0.4, -0.2) is 14.7 Å². The van der Waals surface area contributed by atoms with Gasteiger partial charge < -0.3 is 14.8 Å². The number of hydrogen-bond acceptors (Lipinski definition) is 2. The van der Waals surface area contributed by atoms with Gasteiger partial charge in [-0.2, -0.15) is 0 Å². The Morgan fingerprint density at radius 1 is 0.917 bits per heavy atom. The fraction of sp³-hybridized carbons (Fsp3) is 0.290. The maximum Gasteiger partial charge on any atom is 0.174 e. The lowest BCUT2D eigenvalue weighted by atomic mass is 9.96.